The van der Waals surface area contributed by atoms with E-state index in [9.17, 15) is 9.59 Å². The van der Waals surface area contributed by atoms with E-state index in [0.717, 1.165) is 35.3 Å². The SMILES string of the molecule is CCOC(=O)c1ccc2c(c1)NC(=O)/C2=C(\Nc1ccc(CCc2c[nH]cn2)cc1)c1ccccc1. The Morgan fingerprint density at radius 2 is 1.78 bits per heavy atom. The first-order valence-corrected chi connectivity index (χ1v) is 11.9. The monoisotopic (exact) mass is 478 g/mol. The van der Waals surface area contributed by atoms with Crippen LogP contribution in [-0.4, -0.2) is 28.5 Å². The van der Waals surface area contributed by atoms with Crippen LogP contribution in [0.5, 0.6) is 0 Å². The summed E-state index contributed by atoms with van der Waals surface area (Å²) in [5.74, 6) is -0.645. The molecule has 7 nitrogen and oxygen atoms in total. The third-order valence-electron chi connectivity index (χ3n) is 6.04. The third-order valence-corrected chi connectivity index (χ3v) is 6.04. The molecule has 0 fully saturated rings. The second kappa shape index (κ2) is 10.3. The van der Waals surface area contributed by atoms with Crippen molar-refractivity contribution in [2.45, 2.75) is 19.8 Å². The first kappa shape index (κ1) is 23.1. The molecule has 1 aromatic heterocycles. The van der Waals surface area contributed by atoms with Crippen molar-refractivity contribution in [2.75, 3.05) is 17.2 Å². The van der Waals surface area contributed by atoms with Crippen molar-refractivity contribution in [1.82, 2.24) is 9.97 Å². The minimum absolute atomic E-state index is 0.229. The standard InChI is InChI=1S/C29H26N4O3/c1-2-36-29(35)21-11-15-24-25(16-21)33-28(34)26(24)27(20-6-4-3-5-7-20)32-22-12-8-19(9-13-22)10-14-23-17-30-18-31-23/h3-9,11-13,15-18,32H,2,10,14H2,1H3,(H,30,31)(H,33,34)/b27-26-. The smallest absolute Gasteiger partial charge is 0.338 e. The summed E-state index contributed by atoms with van der Waals surface area (Å²) in [6.07, 6.45) is 5.35. The molecule has 3 N–H and O–H groups in total. The minimum Gasteiger partial charge on any atom is -0.462 e. The lowest BCUT2D eigenvalue weighted by molar-refractivity contribution is -0.110. The first-order valence-electron chi connectivity index (χ1n) is 11.9. The number of carbonyl (C=O) groups excluding carboxylic acids is 2. The number of rotatable bonds is 8. The predicted molar refractivity (Wildman–Crippen MR) is 140 cm³/mol. The van der Waals surface area contributed by atoms with Gasteiger partial charge in [0.15, 0.2) is 0 Å². The molecule has 3 aromatic carbocycles. The van der Waals surface area contributed by atoms with E-state index in [0.29, 0.717) is 22.5 Å². The van der Waals surface area contributed by atoms with E-state index in [2.05, 4.69) is 32.7 Å². The second-order valence-corrected chi connectivity index (χ2v) is 8.43. The molecule has 0 radical (unpaired) electrons. The van der Waals surface area contributed by atoms with Gasteiger partial charge in [-0.2, -0.15) is 0 Å². The van der Waals surface area contributed by atoms with Gasteiger partial charge in [0.2, 0.25) is 0 Å². The molecule has 0 spiro atoms. The van der Waals surface area contributed by atoms with Crippen LogP contribution in [0.3, 0.4) is 0 Å². The van der Waals surface area contributed by atoms with E-state index < -0.39 is 5.97 Å². The van der Waals surface area contributed by atoms with Gasteiger partial charge in [-0.15, -0.1) is 0 Å². The Hall–Kier alpha value is -4.65. The van der Waals surface area contributed by atoms with Crippen LogP contribution in [0.4, 0.5) is 11.4 Å². The molecule has 1 amide bonds. The summed E-state index contributed by atoms with van der Waals surface area (Å²) in [5.41, 5.74) is 6.92. The van der Waals surface area contributed by atoms with E-state index in [-0.39, 0.29) is 12.5 Å². The van der Waals surface area contributed by atoms with Gasteiger partial charge in [-0.05, 0) is 55.2 Å². The van der Waals surface area contributed by atoms with Crippen LogP contribution >= 0.6 is 0 Å². The van der Waals surface area contributed by atoms with Gasteiger partial charge in [0, 0.05) is 17.4 Å². The number of hydrogen-bond acceptors (Lipinski definition) is 5. The molecule has 1 aliphatic rings. The predicted octanol–water partition coefficient (Wildman–Crippen LogP) is 5.30. The summed E-state index contributed by atoms with van der Waals surface area (Å²) in [4.78, 5) is 32.6. The number of aryl methyl sites for hydroxylation is 2. The molecule has 1 aliphatic heterocycles. The van der Waals surface area contributed by atoms with Crippen LogP contribution in [-0.2, 0) is 22.4 Å². The van der Waals surface area contributed by atoms with E-state index in [4.69, 9.17) is 4.74 Å². The molecule has 0 saturated heterocycles. The number of esters is 1. The molecular weight excluding hydrogens is 452 g/mol. The molecule has 2 heterocycles. The quantitative estimate of drug-likeness (QED) is 0.236. The normalized spacial score (nSPS) is 13.6. The van der Waals surface area contributed by atoms with Crippen LogP contribution in [0.25, 0.3) is 11.3 Å². The van der Waals surface area contributed by atoms with Crippen molar-refractivity contribution in [1.29, 1.82) is 0 Å². The molecule has 180 valence electrons. The topological polar surface area (TPSA) is 96.1 Å². The van der Waals surface area contributed by atoms with Gasteiger partial charge in [-0.25, -0.2) is 9.78 Å². The summed E-state index contributed by atoms with van der Waals surface area (Å²) < 4.78 is 5.10. The molecule has 0 bridgehead atoms. The van der Waals surface area contributed by atoms with E-state index in [1.807, 2.05) is 48.7 Å². The van der Waals surface area contributed by atoms with Crippen molar-refractivity contribution in [3.8, 4) is 0 Å². The van der Waals surface area contributed by atoms with Gasteiger partial charge in [-0.1, -0.05) is 48.5 Å². The number of ether oxygens (including phenoxy) is 1. The van der Waals surface area contributed by atoms with Crippen molar-refractivity contribution in [2.24, 2.45) is 0 Å². The number of nitrogens with zero attached hydrogens (tertiary/aromatic N) is 1. The van der Waals surface area contributed by atoms with Gasteiger partial charge >= 0.3 is 5.97 Å². The van der Waals surface area contributed by atoms with E-state index >= 15 is 0 Å². The zero-order valence-corrected chi connectivity index (χ0v) is 19.9. The number of imidazole rings is 1. The van der Waals surface area contributed by atoms with Gasteiger partial charge in [0.25, 0.3) is 5.91 Å². The maximum absolute atomic E-state index is 13.2. The average Bonchev–Trinajstić information content (AvgIpc) is 3.54. The summed E-state index contributed by atoms with van der Waals surface area (Å²) in [7, 11) is 0. The van der Waals surface area contributed by atoms with Crippen molar-refractivity contribution in [3.63, 3.8) is 0 Å². The van der Waals surface area contributed by atoms with Crippen molar-refractivity contribution in [3.05, 3.63) is 113 Å². The second-order valence-electron chi connectivity index (χ2n) is 8.43. The number of benzene rings is 3. The Bertz CT molecular complexity index is 1410. The summed E-state index contributed by atoms with van der Waals surface area (Å²) in [6, 6.07) is 23.1. The number of anilines is 2. The molecule has 5 rings (SSSR count). The fourth-order valence-corrected chi connectivity index (χ4v) is 4.25. The number of hydrogen-bond donors (Lipinski definition) is 3. The zero-order valence-electron chi connectivity index (χ0n) is 19.9. The number of carbonyl (C=O) groups is 2. The first-order chi connectivity index (χ1) is 17.6. The van der Waals surface area contributed by atoms with Gasteiger partial charge in [-0.3, -0.25) is 4.79 Å². The molecular formula is C29H26N4O3. The lowest BCUT2D eigenvalue weighted by atomic mass is 9.99. The van der Waals surface area contributed by atoms with E-state index in [1.165, 1.54) is 5.56 Å². The summed E-state index contributed by atoms with van der Waals surface area (Å²) in [5, 5.41) is 6.38. The van der Waals surface area contributed by atoms with Gasteiger partial charge < -0.3 is 20.4 Å². The molecule has 36 heavy (non-hydrogen) atoms. The van der Waals surface area contributed by atoms with Crippen LogP contribution in [0.1, 0.15) is 39.7 Å². The molecule has 0 aliphatic carbocycles. The Balaban J connectivity index is 1.46. The summed E-state index contributed by atoms with van der Waals surface area (Å²) in [6.45, 7) is 2.05. The molecule has 0 atom stereocenters. The molecule has 4 aromatic rings. The number of H-pyrrole nitrogens is 1. The third kappa shape index (κ3) is 4.90. The minimum atomic E-state index is -0.416. The Morgan fingerprint density at radius 1 is 0.972 bits per heavy atom. The zero-order chi connectivity index (χ0) is 24.9. The van der Waals surface area contributed by atoms with Gasteiger partial charge in [0.1, 0.15) is 0 Å². The van der Waals surface area contributed by atoms with Gasteiger partial charge in [0.05, 0.1) is 41.1 Å². The van der Waals surface area contributed by atoms with Crippen molar-refractivity contribution >= 4 is 34.5 Å². The van der Waals surface area contributed by atoms with Crippen LogP contribution in [0.15, 0.2) is 85.3 Å². The lowest BCUT2D eigenvalue weighted by Crippen LogP contribution is -2.10. The lowest BCUT2D eigenvalue weighted by Gasteiger charge is -2.15. The van der Waals surface area contributed by atoms with Crippen LogP contribution in [0.2, 0.25) is 0 Å². The number of aromatic amines is 1. The number of fused-ring (bicyclic) bond motifs is 1. The maximum Gasteiger partial charge on any atom is 0.338 e. The molecule has 7 heteroatoms. The molecule has 0 unspecified atom stereocenters. The highest BCUT2D eigenvalue weighted by molar-refractivity contribution is 6.37. The summed E-state index contributed by atoms with van der Waals surface area (Å²) >= 11 is 0. The fraction of sp³-hybridized carbons (Fsp3) is 0.138. The highest BCUT2D eigenvalue weighted by Crippen LogP contribution is 2.38. The highest BCUT2D eigenvalue weighted by atomic mass is 16.5. The number of nitrogens with one attached hydrogen (secondary N) is 3. The average molecular weight is 479 g/mol. The Labute approximate surface area is 209 Å². The number of aromatic nitrogens is 2. The fourth-order valence-electron chi connectivity index (χ4n) is 4.25. The number of amides is 1. The highest BCUT2D eigenvalue weighted by Gasteiger charge is 2.29. The maximum atomic E-state index is 13.2. The Kier molecular flexibility index (Phi) is 6.62. The van der Waals surface area contributed by atoms with Crippen LogP contribution in [0, 0.1) is 0 Å². The Morgan fingerprint density at radius 3 is 2.50 bits per heavy atom. The van der Waals surface area contributed by atoms with Crippen LogP contribution < -0.4 is 10.6 Å². The largest absolute Gasteiger partial charge is 0.462 e. The van der Waals surface area contributed by atoms with E-state index in [1.54, 1.807) is 31.5 Å². The van der Waals surface area contributed by atoms with Crippen molar-refractivity contribution < 1.29 is 14.3 Å². The molecule has 0 saturated carbocycles.